The summed E-state index contributed by atoms with van der Waals surface area (Å²) in [5, 5.41) is 8.62. The highest BCUT2D eigenvalue weighted by molar-refractivity contribution is 7.91. The van der Waals surface area contributed by atoms with Gasteiger partial charge in [-0.15, -0.1) is 4.36 Å². The molecule has 2 aromatic carbocycles. The van der Waals surface area contributed by atoms with E-state index in [4.69, 9.17) is 16.7 Å². The predicted molar refractivity (Wildman–Crippen MR) is 79.9 cm³/mol. The maximum atomic E-state index is 12.2. The fourth-order valence-electron chi connectivity index (χ4n) is 1.47. The standard InChI is InChI=1S/C13H12ClN3O2S/c14-10-6-8-11(9-7-10)16-13(18)17-20(15,19)12-4-2-1-3-5-12/h1-9H,(H3,15,16,17,18,19). The number of nitrogens with two attached hydrogens (primary N) is 1. The highest BCUT2D eigenvalue weighted by atomic mass is 35.5. The van der Waals surface area contributed by atoms with Gasteiger partial charge in [-0.05, 0) is 36.4 Å². The maximum absolute atomic E-state index is 12.2. The first-order valence-corrected chi connectivity index (χ1v) is 7.59. The van der Waals surface area contributed by atoms with Crippen LogP contribution < -0.4 is 10.5 Å². The fraction of sp³-hybridized carbons (Fsp3) is 0. The molecule has 0 radical (unpaired) electrons. The van der Waals surface area contributed by atoms with Crippen molar-refractivity contribution >= 4 is 33.2 Å². The number of nitrogens with one attached hydrogen (secondary N) is 1. The topological polar surface area (TPSA) is 84.6 Å². The molecule has 1 atom stereocenters. The summed E-state index contributed by atoms with van der Waals surface area (Å²) in [6.07, 6.45) is 0. The van der Waals surface area contributed by atoms with Crippen molar-refractivity contribution < 1.29 is 9.00 Å². The predicted octanol–water partition coefficient (Wildman–Crippen LogP) is 3.27. The van der Waals surface area contributed by atoms with Crippen LogP contribution in [0.15, 0.2) is 63.9 Å². The lowest BCUT2D eigenvalue weighted by molar-refractivity contribution is 0.260. The Bertz CT molecular complexity index is 723. The summed E-state index contributed by atoms with van der Waals surface area (Å²) in [5.41, 5.74) is 0.492. The van der Waals surface area contributed by atoms with Crippen molar-refractivity contribution in [1.82, 2.24) is 0 Å². The van der Waals surface area contributed by atoms with Gasteiger partial charge < -0.3 is 5.32 Å². The van der Waals surface area contributed by atoms with Gasteiger partial charge in [0.05, 0.1) is 4.90 Å². The zero-order valence-electron chi connectivity index (χ0n) is 10.3. The summed E-state index contributed by atoms with van der Waals surface area (Å²) < 4.78 is 15.7. The average molecular weight is 310 g/mol. The van der Waals surface area contributed by atoms with Crippen LogP contribution in [0.3, 0.4) is 0 Å². The molecule has 0 saturated heterocycles. The van der Waals surface area contributed by atoms with Gasteiger partial charge in [0.1, 0.15) is 9.92 Å². The number of anilines is 1. The van der Waals surface area contributed by atoms with Gasteiger partial charge in [0, 0.05) is 10.7 Å². The maximum Gasteiger partial charge on any atom is 0.354 e. The number of benzene rings is 2. The molecule has 0 aliphatic carbocycles. The van der Waals surface area contributed by atoms with Gasteiger partial charge in [-0.25, -0.2) is 14.1 Å². The van der Waals surface area contributed by atoms with Crippen LogP contribution in [0.5, 0.6) is 0 Å². The second-order valence-electron chi connectivity index (χ2n) is 3.91. The van der Waals surface area contributed by atoms with Crippen LogP contribution in [0.4, 0.5) is 10.5 Å². The van der Waals surface area contributed by atoms with Gasteiger partial charge in [-0.1, -0.05) is 29.8 Å². The third kappa shape index (κ3) is 3.80. The van der Waals surface area contributed by atoms with Gasteiger partial charge in [0.25, 0.3) is 0 Å². The summed E-state index contributed by atoms with van der Waals surface area (Å²) in [4.78, 5) is 12.0. The number of urea groups is 1. The molecule has 0 aliphatic rings. The summed E-state index contributed by atoms with van der Waals surface area (Å²) in [7, 11) is -3.25. The number of rotatable bonds is 2. The minimum atomic E-state index is -3.25. The molecule has 0 bridgehead atoms. The highest BCUT2D eigenvalue weighted by Crippen LogP contribution is 2.14. The first kappa shape index (κ1) is 14.5. The van der Waals surface area contributed by atoms with Crippen molar-refractivity contribution in [3.05, 3.63) is 59.6 Å². The Labute approximate surface area is 122 Å². The number of halogens is 1. The van der Waals surface area contributed by atoms with Crippen LogP contribution in [0.2, 0.25) is 5.02 Å². The van der Waals surface area contributed by atoms with Crippen molar-refractivity contribution in [3.63, 3.8) is 0 Å². The van der Waals surface area contributed by atoms with E-state index in [0.717, 1.165) is 0 Å². The van der Waals surface area contributed by atoms with Gasteiger partial charge in [0.2, 0.25) is 0 Å². The molecule has 2 aromatic rings. The third-order valence-corrected chi connectivity index (χ3v) is 4.03. The lowest BCUT2D eigenvalue weighted by atomic mass is 10.3. The summed E-state index contributed by atoms with van der Waals surface area (Å²) >= 11 is 5.73. The Kier molecular flexibility index (Phi) is 4.39. The average Bonchev–Trinajstić information content (AvgIpc) is 2.42. The van der Waals surface area contributed by atoms with Crippen molar-refractivity contribution in [2.75, 3.05) is 5.32 Å². The number of nitrogens with zero attached hydrogens (tertiary/aromatic N) is 1. The quantitative estimate of drug-likeness (QED) is 0.892. The van der Waals surface area contributed by atoms with Crippen LogP contribution in [0.25, 0.3) is 0 Å². The molecular formula is C13H12ClN3O2S. The largest absolute Gasteiger partial charge is 0.354 e. The number of hydrogen-bond acceptors (Lipinski definition) is 2. The van der Waals surface area contributed by atoms with Gasteiger partial charge in [-0.2, -0.15) is 0 Å². The summed E-state index contributed by atoms with van der Waals surface area (Å²) in [6.45, 7) is 0. The number of amides is 2. The minimum absolute atomic E-state index is 0.297. The fourth-order valence-corrected chi connectivity index (χ4v) is 2.54. The normalized spacial score (nSPS) is 13.3. The van der Waals surface area contributed by atoms with Crippen molar-refractivity contribution in [2.24, 2.45) is 9.50 Å². The van der Waals surface area contributed by atoms with Gasteiger partial charge in [0.15, 0.2) is 0 Å². The lowest BCUT2D eigenvalue weighted by Gasteiger charge is -2.05. The first-order valence-electron chi connectivity index (χ1n) is 5.64. The molecule has 104 valence electrons. The SMILES string of the molecule is NS(=O)(=NC(=O)Nc1ccc(Cl)cc1)c1ccccc1. The van der Waals surface area contributed by atoms with Crippen LogP contribution in [-0.2, 0) is 9.92 Å². The van der Waals surface area contributed by atoms with E-state index in [-0.39, 0.29) is 0 Å². The van der Waals surface area contributed by atoms with E-state index in [1.165, 1.54) is 0 Å². The van der Waals surface area contributed by atoms with Crippen LogP contribution >= 0.6 is 11.6 Å². The highest BCUT2D eigenvalue weighted by Gasteiger charge is 2.09. The summed E-state index contributed by atoms with van der Waals surface area (Å²) in [5.74, 6) is 0. The number of carbonyl (C=O) groups excluding carboxylic acids is 1. The minimum Gasteiger partial charge on any atom is -0.306 e. The van der Waals surface area contributed by atoms with E-state index in [1.54, 1.807) is 54.6 Å². The van der Waals surface area contributed by atoms with E-state index in [0.29, 0.717) is 15.6 Å². The van der Waals surface area contributed by atoms with Crippen molar-refractivity contribution in [2.45, 2.75) is 4.90 Å². The molecule has 3 N–H and O–H groups in total. The molecule has 2 rings (SSSR count). The Morgan fingerprint density at radius 2 is 1.70 bits per heavy atom. The van der Waals surface area contributed by atoms with E-state index >= 15 is 0 Å². The van der Waals surface area contributed by atoms with E-state index < -0.39 is 15.9 Å². The molecule has 0 aliphatic heterocycles. The van der Waals surface area contributed by atoms with Crippen LogP contribution in [-0.4, -0.2) is 10.2 Å². The number of hydrogen-bond donors (Lipinski definition) is 2. The lowest BCUT2D eigenvalue weighted by Crippen LogP contribution is -2.17. The molecule has 1 unspecified atom stereocenters. The Balaban J connectivity index is 2.20. The molecule has 0 heterocycles. The molecule has 0 spiro atoms. The Morgan fingerprint density at radius 1 is 1.10 bits per heavy atom. The summed E-state index contributed by atoms with van der Waals surface area (Å²) in [6, 6.07) is 13.9. The van der Waals surface area contributed by atoms with Gasteiger partial charge >= 0.3 is 6.03 Å². The van der Waals surface area contributed by atoms with E-state index in [2.05, 4.69) is 9.68 Å². The molecular weight excluding hydrogens is 298 g/mol. The monoisotopic (exact) mass is 309 g/mol. The molecule has 0 aromatic heterocycles. The zero-order valence-corrected chi connectivity index (χ0v) is 11.9. The number of carbonyl (C=O) groups is 1. The zero-order chi connectivity index (χ0) is 14.6. The first-order chi connectivity index (χ1) is 9.47. The second-order valence-corrected chi connectivity index (χ2v) is 6.14. The van der Waals surface area contributed by atoms with E-state index in [9.17, 15) is 9.00 Å². The van der Waals surface area contributed by atoms with Crippen LogP contribution in [0.1, 0.15) is 0 Å². The smallest absolute Gasteiger partial charge is 0.306 e. The van der Waals surface area contributed by atoms with Crippen molar-refractivity contribution in [3.8, 4) is 0 Å². The molecule has 0 saturated carbocycles. The van der Waals surface area contributed by atoms with Crippen molar-refractivity contribution in [1.29, 1.82) is 0 Å². The Hall–Kier alpha value is -1.89. The molecule has 2 amide bonds. The second kappa shape index (κ2) is 6.04. The third-order valence-electron chi connectivity index (χ3n) is 2.39. The Morgan fingerprint density at radius 3 is 2.30 bits per heavy atom. The van der Waals surface area contributed by atoms with Crippen LogP contribution in [0, 0.1) is 0 Å². The van der Waals surface area contributed by atoms with Gasteiger partial charge in [-0.3, -0.25) is 0 Å². The van der Waals surface area contributed by atoms with E-state index in [1.807, 2.05) is 0 Å². The molecule has 5 nitrogen and oxygen atoms in total. The molecule has 7 heteroatoms. The molecule has 0 fully saturated rings. The molecule has 20 heavy (non-hydrogen) atoms.